The van der Waals surface area contributed by atoms with Crippen LogP contribution >= 0.6 is 0 Å². The predicted molar refractivity (Wildman–Crippen MR) is 135 cm³/mol. The van der Waals surface area contributed by atoms with E-state index < -0.39 is 27.2 Å². The van der Waals surface area contributed by atoms with Gasteiger partial charge in [0, 0.05) is 29.1 Å². The number of benzene rings is 3. The van der Waals surface area contributed by atoms with Crippen molar-refractivity contribution in [3.8, 4) is 28.3 Å². The van der Waals surface area contributed by atoms with Crippen LogP contribution in [-0.2, 0) is 10.0 Å². The van der Waals surface area contributed by atoms with Gasteiger partial charge in [-0.2, -0.15) is 0 Å². The first kappa shape index (κ1) is 25.0. The Morgan fingerprint density at radius 1 is 0.895 bits per heavy atom. The van der Waals surface area contributed by atoms with Crippen LogP contribution in [0.4, 0.5) is 14.6 Å². The molecule has 9 nitrogen and oxygen atoms in total. The largest absolute Gasteiger partial charge is 0.495 e. The smallest absolute Gasteiger partial charge is 0.263 e. The molecule has 0 spiro atoms. The van der Waals surface area contributed by atoms with Crippen molar-refractivity contribution in [3.63, 3.8) is 0 Å². The summed E-state index contributed by atoms with van der Waals surface area (Å²) in [7, 11) is -1.33. The van der Waals surface area contributed by atoms with Crippen LogP contribution in [0.15, 0.2) is 87.2 Å². The lowest BCUT2D eigenvalue weighted by atomic mass is 10.0. The molecule has 38 heavy (non-hydrogen) atoms. The quantitative estimate of drug-likeness (QED) is 0.318. The number of sulfonamides is 1. The minimum Gasteiger partial charge on any atom is -0.495 e. The molecule has 12 heteroatoms. The fraction of sp³-hybridized carbons (Fsp3) is 0.0769. The zero-order valence-electron chi connectivity index (χ0n) is 19.9. The second-order valence-corrected chi connectivity index (χ2v) is 9.75. The molecule has 0 aliphatic rings. The van der Waals surface area contributed by atoms with Crippen LogP contribution in [0.2, 0.25) is 0 Å². The van der Waals surface area contributed by atoms with Crippen LogP contribution in [0, 0.1) is 11.6 Å². The van der Waals surface area contributed by atoms with E-state index in [0.29, 0.717) is 10.9 Å². The number of anilines is 1. The number of methoxy groups -OCH3 is 2. The van der Waals surface area contributed by atoms with Gasteiger partial charge in [-0.1, -0.05) is 11.2 Å². The molecular formula is C26H19F2N3O6S. The molecule has 194 valence electrons. The summed E-state index contributed by atoms with van der Waals surface area (Å²) in [5, 5.41) is 3.92. The minimum absolute atomic E-state index is 0.00658. The van der Waals surface area contributed by atoms with Gasteiger partial charge >= 0.3 is 0 Å². The maximum absolute atomic E-state index is 15.4. The lowest BCUT2D eigenvalue weighted by Crippen LogP contribution is -2.19. The molecule has 0 atom stereocenters. The van der Waals surface area contributed by atoms with Gasteiger partial charge in [0.15, 0.2) is 17.4 Å². The van der Waals surface area contributed by atoms with Gasteiger partial charge in [0.05, 0.1) is 30.3 Å². The lowest BCUT2D eigenvalue weighted by molar-refractivity contribution is 0.386. The molecule has 3 aromatic carbocycles. The average molecular weight is 540 g/mol. The average Bonchev–Trinajstić information content (AvgIpc) is 3.40. The molecule has 5 rings (SSSR count). The first-order valence-corrected chi connectivity index (χ1v) is 12.5. The summed E-state index contributed by atoms with van der Waals surface area (Å²) in [6.45, 7) is 0. The van der Waals surface area contributed by atoms with Crippen LogP contribution in [0.5, 0.6) is 11.5 Å². The number of nitrogens with one attached hydrogen (secondary N) is 1. The van der Waals surface area contributed by atoms with Crippen molar-refractivity contribution in [1.82, 2.24) is 9.72 Å². The van der Waals surface area contributed by atoms with Gasteiger partial charge < -0.3 is 14.0 Å². The van der Waals surface area contributed by atoms with E-state index in [1.54, 1.807) is 0 Å². The molecule has 0 saturated heterocycles. The van der Waals surface area contributed by atoms with Gasteiger partial charge in [0.25, 0.3) is 15.6 Å². The van der Waals surface area contributed by atoms with E-state index in [1.807, 2.05) is 0 Å². The molecule has 0 amide bonds. The maximum Gasteiger partial charge on any atom is 0.263 e. The van der Waals surface area contributed by atoms with Crippen LogP contribution in [-0.4, -0.2) is 32.4 Å². The van der Waals surface area contributed by atoms with Crippen molar-refractivity contribution in [1.29, 1.82) is 0 Å². The lowest BCUT2D eigenvalue weighted by Gasteiger charge is -2.17. The van der Waals surface area contributed by atoms with Gasteiger partial charge in [0.1, 0.15) is 17.8 Å². The second kappa shape index (κ2) is 9.63. The van der Waals surface area contributed by atoms with Crippen LogP contribution in [0.1, 0.15) is 0 Å². The van der Waals surface area contributed by atoms with E-state index in [0.717, 1.165) is 12.1 Å². The number of halogens is 2. The first-order valence-electron chi connectivity index (χ1n) is 11.0. The first-order chi connectivity index (χ1) is 18.2. The van der Waals surface area contributed by atoms with Gasteiger partial charge in [0.2, 0.25) is 0 Å². The van der Waals surface area contributed by atoms with E-state index in [-0.39, 0.29) is 39.0 Å². The van der Waals surface area contributed by atoms with Gasteiger partial charge in [-0.25, -0.2) is 17.2 Å². The van der Waals surface area contributed by atoms with Crippen molar-refractivity contribution in [3.05, 3.63) is 95.0 Å². The Labute approximate surface area is 214 Å². The summed E-state index contributed by atoms with van der Waals surface area (Å²) in [6, 6.07) is 14.6. The van der Waals surface area contributed by atoms with E-state index in [1.165, 1.54) is 79.6 Å². The van der Waals surface area contributed by atoms with Gasteiger partial charge in [-0.05, 0) is 48.0 Å². The monoisotopic (exact) mass is 539 g/mol. The molecule has 2 heterocycles. The molecule has 0 unspecified atom stereocenters. The van der Waals surface area contributed by atoms with Crippen molar-refractivity contribution in [2.24, 2.45) is 0 Å². The van der Waals surface area contributed by atoms with Crippen molar-refractivity contribution in [2.75, 3.05) is 18.9 Å². The Hall–Kier alpha value is -4.71. The summed E-state index contributed by atoms with van der Waals surface area (Å²) in [4.78, 5) is 12.9. The molecule has 0 saturated carbocycles. The number of ether oxygens (including phenoxy) is 2. The van der Waals surface area contributed by atoms with Gasteiger partial charge in [-0.15, -0.1) is 0 Å². The molecule has 0 bridgehead atoms. The Balaban J connectivity index is 1.63. The highest BCUT2D eigenvalue weighted by Crippen LogP contribution is 2.35. The summed E-state index contributed by atoms with van der Waals surface area (Å²) in [5.41, 5.74) is 0.168. The SMILES string of the molecule is COc1ccc(-c2cc(OC)c(-n3c(=O)ccc4cc(S(=O)(=O)Nc5ccon5)ccc43)cc2F)cc1F. The third kappa shape index (κ3) is 4.45. The fourth-order valence-corrected chi connectivity index (χ4v) is 5.07. The standard InChI is InChI=1S/C26H19F2N3O6S/c1-35-23-7-3-15(12-20(23)28)18-13-24(36-2)22(14-19(18)27)31-21-6-5-17(11-16(21)4-8-26(31)32)38(33,34)30-25-9-10-37-29-25/h3-14H,1-2H3,(H,29,30). The number of nitrogens with zero attached hydrogens (tertiary/aromatic N) is 2. The summed E-state index contributed by atoms with van der Waals surface area (Å²) in [6.07, 6.45) is 1.22. The van der Waals surface area contributed by atoms with E-state index in [4.69, 9.17) is 9.47 Å². The highest BCUT2D eigenvalue weighted by molar-refractivity contribution is 7.92. The molecular weight excluding hydrogens is 520 g/mol. The predicted octanol–water partition coefficient (Wildman–Crippen LogP) is 4.74. The van der Waals surface area contributed by atoms with Crippen molar-refractivity contribution >= 4 is 26.7 Å². The van der Waals surface area contributed by atoms with Crippen LogP contribution < -0.4 is 19.8 Å². The fourth-order valence-electron chi connectivity index (χ4n) is 4.04. The molecule has 0 aliphatic carbocycles. The Bertz CT molecular complexity index is 1840. The number of hydrogen-bond acceptors (Lipinski definition) is 7. The van der Waals surface area contributed by atoms with E-state index in [2.05, 4.69) is 14.4 Å². The zero-order valence-corrected chi connectivity index (χ0v) is 20.8. The Morgan fingerprint density at radius 3 is 2.37 bits per heavy atom. The summed E-state index contributed by atoms with van der Waals surface area (Å²) < 4.78 is 73.7. The highest BCUT2D eigenvalue weighted by atomic mass is 32.2. The molecule has 0 aliphatic heterocycles. The maximum atomic E-state index is 15.4. The number of hydrogen-bond donors (Lipinski definition) is 1. The van der Waals surface area contributed by atoms with Crippen LogP contribution in [0.3, 0.4) is 0 Å². The third-order valence-corrected chi connectivity index (χ3v) is 7.18. The van der Waals surface area contributed by atoms with Crippen molar-refractivity contribution in [2.45, 2.75) is 4.90 Å². The highest BCUT2D eigenvalue weighted by Gasteiger charge is 2.20. The summed E-state index contributed by atoms with van der Waals surface area (Å²) in [5.74, 6) is -1.24. The topological polar surface area (TPSA) is 113 Å². The van der Waals surface area contributed by atoms with Crippen molar-refractivity contribution < 1.29 is 31.2 Å². The molecule has 0 radical (unpaired) electrons. The normalized spacial score (nSPS) is 11.5. The van der Waals surface area contributed by atoms with E-state index in [9.17, 15) is 17.6 Å². The number of aromatic nitrogens is 2. The zero-order chi connectivity index (χ0) is 27.0. The molecule has 0 fully saturated rings. The van der Waals surface area contributed by atoms with Gasteiger partial charge in [-0.3, -0.25) is 14.1 Å². The number of rotatable bonds is 7. The third-order valence-electron chi connectivity index (χ3n) is 5.83. The Kier molecular flexibility index (Phi) is 6.33. The minimum atomic E-state index is -4.01. The number of pyridine rings is 1. The second-order valence-electron chi connectivity index (χ2n) is 8.07. The molecule has 5 aromatic rings. The number of fused-ring (bicyclic) bond motifs is 1. The molecule has 1 N–H and O–H groups in total. The van der Waals surface area contributed by atoms with Crippen LogP contribution in [0.25, 0.3) is 27.7 Å². The molecule has 2 aromatic heterocycles. The van der Waals surface area contributed by atoms with E-state index >= 15 is 4.39 Å². The summed E-state index contributed by atoms with van der Waals surface area (Å²) >= 11 is 0. The Morgan fingerprint density at radius 2 is 1.68 bits per heavy atom.